The van der Waals surface area contributed by atoms with Gasteiger partial charge in [0.25, 0.3) is 5.60 Å². The molecule has 0 aliphatic carbocycles. The molecule has 0 aromatic rings. The molecule has 0 bridgehead atoms. The van der Waals surface area contributed by atoms with Gasteiger partial charge in [-0.05, 0) is 13.8 Å². The molecule has 0 unspecified atom stereocenters. The van der Waals surface area contributed by atoms with Crippen molar-refractivity contribution in [2.75, 3.05) is 6.61 Å². The Morgan fingerprint density at radius 3 is 1.67 bits per heavy atom. The molecular weight excluding hydrogens is 368 g/mol. The van der Waals surface area contributed by atoms with E-state index in [2.05, 4.69) is 0 Å². The summed E-state index contributed by atoms with van der Waals surface area (Å²) in [7, 11) is 0. The van der Waals surface area contributed by atoms with E-state index in [-0.39, 0.29) is 0 Å². The Hall–Kier alpha value is -2.21. The standard InChI is InChI=1S/C16H22O11/c1-7(18)14(24)13(23)12(6-17)27-16(9(3)20,26-11(5)22)15(14,8(2)19)25-10(4)21/h12-13,17,23-24H,6H2,1-5H3/t12-,13-,14+,15-,16+/m1/s1. The highest BCUT2D eigenvalue weighted by molar-refractivity contribution is 6.06. The van der Waals surface area contributed by atoms with Gasteiger partial charge in [0.15, 0.2) is 11.6 Å². The molecule has 1 aliphatic heterocycles. The smallest absolute Gasteiger partial charge is 0.324 e. The van der Waals surface area contributed by atoms with Crippen LogP contribution in [0.4, 0.5) is 0 Å². The van der Waals surface area contributed by atoms with Crippen molar-refractivity contribution in [2.24, 2.45) is 0 Å². The first-order chi connectivity index (χ1) is 12.2. The number of hydrogen-bond acceptors (Lipinski definition) is 11. The van der Waals surface area contributed by atoms with E-state index < -0.39 is 65.1 Å². The molecule has 1 heterocycles. The SMILES string of the molecule is CC(=O)O[C@@]1(C(C)=O)O[C@H](CO)[C@@H](O)[C@@](O)(C(C)=O)[C@]1(OC(C)=O)C(C)=O. The van der Waals surface area contributed by atoms with Crippen LogP contribution in [0.1, 0.15) is 34.6 Å². The lowest BCUT2D eigenvalue weighted by molar-refractivity contribution is -0.376. The molecule has 1 fully saturated rings. The summed E-state index contributed by atoms with van der Waals surface area (Å²) in [5.41, 5.74) is -6.54. The Labute approximate surface area is 154 Å². The molecule has 11 nitrogen and oxygen atoms in total. The van der Waals surface area contributed by atoms with Crippen molar-refractivity contribution in [2.45, 2.75) is 63.8 Å². The first kappa shape index (κ1) is 22.8. The number of hydrogen-bond donors (Lipinski definition) is 3. The second kappa shape index (κ2) is 7.43. The van der Waals surface area contributed by atoms with Crippen LogP contribution in [0, 0.1) is 0 Å². The van der Waals surface area contributed by atoms with Gasteiger partial charge in [-0.3, -0.25) is 24.0 Å². The molecule has 0 radical (unpaired) electrons. The van der Waals surface area contributed by atoms with Gasteiger partial charge in [0.1, 0.15) is 12.2 Å². The molecule has 0 aromatic heterocycles. The summed E-state index contributed by atoms with van der Waals surface area (Å²) in [6, 6.07) is 0. The van der Waals surface area contributed by atoms with Crippen LogP contribution in [0.25, 0.3) is 0 Å². The largest absolute Gasteiger partial charge is 0.440 e. The van der Waals surface area contributed by atoms with Crippen molar-refractivity contribution >= 4 is 29.3 Å². The number of ether oxygens (including phenoxy) is 3. The van der Waals surface area contributed by atoms with Crippen molar-refractivity contribution in [3.63, 3.8) is 0 Å². The van der Waals surface area contributed by atoms with Crippen LogP contribution in [0.5, 0.6) is 0 Å². The van der Waals surface area contributed by atoms with Crippen LogP contribution in [0.3, 0.4) is 0 Å². The molecule has 152 valence electrons. The maximum absolute atomic E-state index is 12.6. The van der Waals surface area contributed by atoms with E-state index in [1.54, 1.807) is 0 Å². The van der Waals surface area contributed by atoms with E-state index in [4.69, 9.17) is 14.2 Å². The normalized spacial score (nSPS) is 35.9. The van der Waals surface area contributed by atoms with Crippen LogP contribution in [0.2, 0.25) is 0 Å². The van der Waals surface area contributed by atoms with Crippen molar-refractivity contribution < 1.29 is 53.5 Å². The minimum atomic E-state index is -3.28. The lowest BCUT2D eigenvalue weighted by Crippen LogP contribution is -2.86. The lowest BCUT2D eigenvalue weighted by Gasteiger charge is -2.57. The van der Waals surface area contributed by atoms with Gasteiger partial charge in [0.05, 0.1) is 6.61 Å². The molecule has 1 saturated heterocycles. The van der Waals surface area contributed by atoms with E-state index >= 15 is 0 Å². The third-order valence-corrected chi connectivity index (χ3v) is 4.36. The van der Waals surface area contributed by atoms with E-state index in [9.17, 15) is 39.3 Å². The number of carbonyl (C=O) groups is 5. The zero-order chi connectivity index (χ0) is 21.4. The summed E-state index contributed by atoms with van der Waals surface area (Å²) in [5.74, 6) is -9.43. The zero-order valence-electron chi connectivity index (χ0n) is 15.5. The fraction of sp³-hybridized carbons (Fsp3) is 0.688. The van der Waals surface area contributed by atoms with Gasteiger partial charge in [-0.25, -0.2) is 0 Å². The molecule has 1 rings (SSSR count). The predicted molar refractivity (Wildman–Crippen MR) is 84.0 cm³/mol. The predicted octanol–water partition coefficient (Wildman–Crippen LogP) is -2.20. The molecule has 3 N–H and O–H groups in total. The number of aliphatic hydroxyl groups excluding tert-OH is 2. The summed E-state index contributed by atoms with van der Waals surface area (Å²) in [4.78, 5) is 60.9. The third kappa shape index (κ3) is 3.06. The number of Topliss-reactive ketones (excluding diaryl/α,β-unsaturated/α-hetero) is 3. The quantitative estimate of drug-likeness (QED) is 0.420. The molecule has 0 spiro atoms. The van der Waals surface area contributed by atoms with Crippen molar-refractivity contribution in [3.05, 3.63) is 0 Å². The summed E-state index contributed by atoms with van der Waals surface area (Å²) >= 11 is 0. The van der Waals surface area contributed by atoms with E-state index in [1.165, 1.54) is 0 Å². The van der Waals surface area contributed by atoms with Crippen molar-refractivity contribution in [1.29, 1.82) is 0 Å². The summed E-state index contributed by atoms with van der Waals surface area (Å²) in [6.07, 6.45) is -4.16. The van der Waals surface area contributed by atoms with Gasteiger partial charge in [0, 0.05) is 20.8 Å². The number of carbonyl (C=O) groups excluding carboxylic acids is 5. The topological polar surface area (TPSA) is 174 Å². The first-order valence-corrected chi connectivity index (χ1v) is 7.86. The lowest BCUT2D eigenvalue weighted by atomic mass is 9.64. The minimum Gasteiger partial charge on any atom is -0.440 e. The minimum absolute atomic E-state index is 0.743. The molecular formula is C16H22O11. The Morgan fingerprint density at radius 2 is 1.37 bits per heavy atom. The van der Waals surface area contributed by atoms with Crippen LogP contribution >= 0.6 is 0 Å². The number of aliphatic hydroxyl groups is 3. The fourth-order valence-electron chi connectivity index (χ4n) is 3.32. The summed E-state index contributed by atoms with van der Waals surface area (Å²) < 4.78 is 15.1. The maximum Gasteiger partial charge on any atom is 0.324 e. The highest BCUT2D eigenvalue weighted by Crippen LogP contribution is 2.49. The second-order valence-electron chi connectivity index (χ2n) is 6.20. The second-order valence-corrected chi connectivity index (χ2v) is 6.20. The number of ketones is 3. The first-order valence-electron chi connectivity index (χ1n) is 7.86. The van der Waals surface area contributed by atoms with E-state index in [1.807, 2.05) is 0 Å². The van der Waals surface area contributed by atoms with Gasteiger partial charge in [0.2, 0.25) is 11.4 Å². The Bertz CT molecular complexity index is 686. The van der Waals surface area contributed by atoms with Crippen LogP contribution in [0.15, 0.2) is 0 Å². The molecule has 0 saturated carbocycles. The van der Waals surface area contributed by atoms with Gasteiger partial charge in [-0.15, -0.1) is 0 Å². The number of rotatable bonds is 6. The molecule has 27 heavy (non-hydrogen) atoms. The van der Waals surface area contributed by atoms with Crippen LogP contribution in [-0.2, 0) is 38.2 Å². The van der Waals surface area contributed by atoms with Crippen LogP contribution < -0.4 is 0 Å². The van der Waals surface area contributed by atoms with Crippen molar-refractivity contribution in [3.8, 4) is 0 Å². The summed E-state index contributed by atoms with van der Waals surface area (Å²) in [6.45, 7) is 2.88. The molecule has 5 atom stereocenters. The van der Waals surface area contributed by atoms with Crippen molar-refractivity contribution in [1.82, 2.24) is 0 Å². The Balaban J connectivity index is 4.13. The van der Waals surface area contributed by atoms with Gasteiger partial charge < -0.3 is 29.5 Å². The molecule has 11 heteroatoms. The third-order valence-electron chi connectivity index (χ3n) is 4.36. The van der Waals surface area contributed by atoms with Gasteiger partial charge >= 0.3 is 17.7 Å². The Kier molecular flexibility index (Phi) is 6.28. The fourth-order valence-corrected chi connectivity index (χ4v) is 3.32. The molecule has 1 aliphatic rings. The van der Waals surface area contributed by atoms with E-state index in [0.717, 1.165) is 34.6 Å². The average Bonchev–Trinajstić information content (AvgIpc) is 2.52. The maximum atomic E-state index is 12.6. The summed E-state index contributed by atoms with van der Waals surface area (Å²) in [5, 5.41) is 31.0. The molecule has 0 amide bonds. The monoisotopic (exact) mass is 390 g/mol. The zero-order valence-corrected chi connectivity index (χ0v) is 15.5. The van der Waals surface area contributed by atoms with Gasteiger partial charge in [-0.1, -0.05) is 0 Å². The Morgan fingerprint density at radius 1 is 0.889 bits per heavy atom. The highest BCUT2D eigenvalue weighted by Gasteiger charge is 2.82. The average molecular weight is 390 g/mol. The van der Waals surface area contributed by atoms with Crippen LogP contribution in [-0.4, -0.2) is 80.4 Å². The van der Waals surface area contributed by atoms with Gasteiger partial charge in [-0.2, -0.15) is 0 Å². The number of esters is 2. The van der Waals surface area contributed by atoms with E-state index in [0.29, 0.717) is 0 Å². The molecule has 0 aromatic carbocycles. The highest BCUT2D eigenvalue weighted by atomic mass is 16.8.